The molecule has 1 aromatic rings. The van der Waals surface area contributed by atoms with Crippen molar-refractivity contribution >= 4 is 9.84 Å². The van der Waals surface area contributed by atoms with E-state index in [0.717, 1.165) is 30.1 Å². The topological polar surface area (TPSA) is 78.0 Å². The van der Waals surface area contributed by atoms with Crippen LogP contribution in [0.1, 0.15) is 23.6 Å². The number of hydrogen-bond acceptors (Lipinski definition) is 4. The molecule has 1 aromatic heterocycles. The number of aromatic nitrogens is 2. The maximum Gasteiger partial charge on any atom is 0.156 e. The Kier molecular flexibility index (Phi) is 2.12. The summed E-state index contributed by atoms with van der Waals surface area (Å²) in [5, 5.41) is 0. The maximum atomic E-state index is 11.6. The molecule has 0 aromatic carbocycles. The zero-order valence-electron chi connectivity index (χ0n) is 9.02. The number of hydrogen-bond donors (Lipinski definition) is 1. The molecule has 0 spiro atoms. The van der Waals surface area contributed by atoms with Crippen LogP contribution >= 0.6 is 0 Å². The van der Waals surface area contributed by atoms with Crippen molar-refractivity contribution in [1.29, 1.82) is 0 Å². The van der Waals surface area contributed by atoms with Crippen molar-refractivity contribution in [2.45, 2.75) is 37.6 Å². The van der Waals surface area contributed by atoms with Gasteiger partial charge in [0.25, 0.3) is 0 Å². The number of sulfone groups is 1. The lowest BCUT2D eigenvalue weighted by Gasteiger charge is -2.22. The third-order valence-electron chi connectivity index (χ3n) is 3.40. The summed E-state index contributed by atoms with van der Waals surface area (Å²) >= 11 is 0. The van der Waals surface area contributed by atoms with Crippen LogP contribution in [-0.2, 0) is 35.0 Å². The Balaban J connectivity index is 2.09. The first-order valence-electron chi connectivity index (χ1n) is 5.58. The number of fused-ring (bicyclic) bond motifs is 3. The molecule has 3 rings (SSSR count). The summed E-state index contributed by atoms with van der Waals surface area (Å²) in [4.78, 5) is 4.53. The molecule has 1 unspecified atom stereocenters. The van der Waals surface area contributed by atoms with E-state index in [1.165, 1.54) is 0 Å². The Morgan fingerprint density at radius 1 is 1.38 bits per heavy atom. The quantitative estimate of drug-likeness (QED) is 0.672. The van der Waals surface area contributed by atoms with E-state index in [4.69, 9.17) is 5.73 Å². The Bertz CT molecular complexity index is 533. The standard InChI is InChI=1S/C10H15N3O2S/c11-7-1-2-10-12-8-3-4-16(14,15)6-9(8)13(10)5-7/h7H,1-6,11H2. The third kappa shape index (κ3) is 1.56. The molecule has 0 amide bonds. The third-order valence-corrected chi connectivity index (χ3v) is 4.94. The highest BCUT2D eigenvalue weighted by Gasteiger charge is 2.29. The molecule has 2 aliphatic rings. The molecule has 2 N–H and O–H groups in total. The summed E-state index contributed by atoms with van der Waals surface area (Å²) in [6.45, 7) is 0.715. The van der Waals surface area contributed by atoms with Crippen LogP contribution in [-0.4, -0.2) is 29.8 Å². The molecule has 0 bridgehead atoms. The van der Waals surface area contributed by atoms with Crippen molar-refractivity contribution in [3.63, 3.8) is 0 Å². The lowest BCUT2D eigenvalue weighted by Crippen LogP contribution is -2.33. The van der Waals surface area contributed by atoms with Crippen molar-refractivity contribution in [1.82, 2.24) is 9.55 Å². The molecule has 88 valence electrons. The summed E-state index contributed by atoms with van der Waals surface area (Å²) in [6, 6.07) is 0.135. The minimum Gasteiger partial charge on any atom is -0.329 e. The first-order valence-corrected chi connectivity index (χ1v) is 7.40. The van der Waals surface area contributed by atoms with E-state index in [1.807, 2.05) is 4.57 Å². The van der Waals surface area contributed by atoms with E-state index in [-0.39, 0.29) is 17.5 Å². The molecule has 5 nitrogen and oxygen atoms in total. The molecular weight excluding hydrogens is 226 g/mol. The van der Waals surface area contributed by atoms with Crippen molar-refractivity contribution < 1.29 is 8.42 Å². The molecule has 0 saturated heterocycles. The van der Waals surface area contributed by atoms with Crippen LogP contribution in [0.3, 0.4) is 0 Å². The average Bonchev–Trinajstić information content (AvgIpc) is 2.55. The van der Waals surface area contributed by atoms with Crippen LogP contribution in [0.2, 0.25) is 0 Å². The van der Waals surface area contributed by atoms with Gasteiger partial charge in [0.1, 0.15) is 5.82 Å². The minimum atomic E-state index is -2.92. The van der Waals surface area contributed by atoms with Crippen molar-refractivity contribution in [3.8, 4) is 0 Å². The molecule has 0 fully saturated rings. The molecule has 0 aliphatic carbocycles. The highest BCUT2D eigenvalue weighted by atomic mass is 32.2. The van der Waals surface area contributed by atoms with Gasteiger partial charge in [-0.15, -0.1) is 0 Å². The van der Waals surface area contributed by atoms with Gasteiger partial charge in [0.05, 0.1) is 22.9 Å². The highest BCUT2D eigenvalue weighted by molar-refractivity contribution is 7.90. The van der Waals surface area contributed by atoms with E-state index in [2.05, 4.69) is 4.98 Å². The van der Waals surface area contributed by atoms with Crippen LogP contribution in [0.25, 0.3) is 0 Å². The van der Waals surface area contributed by atoms with Gasteiger partial charge in [-0.2, -0.15) is 0 Å². The van der Waals surface area contributed by atoms with E-state index in [0.29, 0.717) is 13.0 Å². The lowest BCUT2D eigenvalue weighted by molar-refractivity contribution is 0.446. The van der Waals surface area contributed by atoms with Crippen molar-refractivity contribution in [3.05, 3.63) is 17.2 Å². The molecule has 1 atom stereocenters. The monoisotopic (exact) mass is 241 g/mol. The van der Waals surface area contributed by atoms with Gasteiger partial charge in [-0.25, -0.2) is 13.4 Å². The fourth-order valence-electron chi connectivity index (χ4n) is 2.53. The summed E-state index contributed by atoms with van der Waals surface area (Å²) in [6.07, 6.45) is 2.38. The van der Waals surface area contributed by atoms with Crippen molar-refractivity contribution in [2.24, 2.45) is 5.73 Å². The normalized spacial score (nSPS) is 27.2. The van der Waals surface area contributed by atoms with Crippen LogP contribution in [0.4, 0.5) is 0 Å². The van der Waals surface area contributed by atoms with Gasteiger partial charge < -0.3 is 10.3 Å². The average molecular weight is 241 g/mol. The molecule has 6 heteroatoms. The van der Waals surface area contributed by atoms with E-state index < -0.39 is 9.84 Å². The smallest absolute Gasteiger partial charge is 0.156 e. The molecular formula is C10H15N3O2S. The Labute approximate surface area is 94.6 Å². The molecule has 0 radical (unpaired) electrons. The second-order valence-corrected chi connectivity index (χ2v) is 6.86. The van der Waals surface area contributed by atoms with Gasteiger partial charge in [0.2, 0.25) is 0 Å². The van der Waals surface area contributed by atoms with E-state index in [1.54, 1.807) is 0 Å². The van der Waals surface area contributed by atoms with Gasteiger partial charge in [0.15, 0.2) is 9.84 Å². The minimum absolute atomic E-state index is 0.135. The van der Waals surface area contributed by atoms with Gasteiger partial charge in [-0.1, -0.05) is 0 Å². The predicted octanol–water partition coefficient (Wildman–Crippen LogP) is -0.373. The van der Waals surface area contributed by atoms with E-state index in [9.17, 15) is 8.42 Å². The Morgan fingerprint density at radius 3 is 3.00 bits per heavy atom. The predicted molar refractivity (Wildman–Crippen MR) is 59.7 cm³/mol. The summed E-state index contributed by atoms with van der Waals surface area (Å²) in [7, 11) is -2.92. The Hall–Kier alpha value is -0.880. The number of nitrogens with zero attached hydrogens (tertiary/aromatic N) is 2. The number of aryl methyl sites for hydroxylation is 2. The number of nitrogens with two attached hydrogens (primary N) is 1. The fourth-order valence-corrected chi connectivity index (χ4v) is 3.92. The first kappa shape index (κ1) is 10.3. The molecule has 3 heterocycles. The fraction of sp³-hybridized carbons (Fsp3) is 0.700. The second kappa shape index (κ2) is 3.30. The van der Waals surface area contributed by atoms with Gasteiger partial charge in [-0.05, 0) is 6.42 Å². The van der Waals surface area contributed by atoms with Gasteiger partial charge in [-0.3, -0.25) is 0 Å². The van der Waals surface area contributed by atoms with Gasteiger partial charge >= 0.3 is 0 Å². The van der Waals surface area contributed by atoms with Crippen molar-refractivity contribution in [2.75, 3.05) is 5.75 Å². The maximum absolute atomic E-state index is 11.6. The summed E-state index contributed by atoms with van der Waals surface area (Å²) in [5.41, 5.74) is 7.77. The second-order valence-electron chi connectivity index (χ2n) is 4.67. The largest absolute Gasteiger partial charge is 0.329 e. The zero-order chi connectivity index (χ0) is 11.3. The van der Waals surface area contributed by atoms with Crippen LogP contribution in [0, 0.1) is 0 Å². The zero-order valence-corrected chi connectivity index (χ0v) is 9.83. The first-order chi connectivity index (χ1) is 7.55. The molecule has 0 saturated carbocycles. The molecule has 16 heavy (non-hydrogen) atoms. The highest BCUT2D eigenvalue weighted by Crippen LogP contribution is 2.25. The summed E-state index contributed by atoms with van der Waals surface area (Å²) in [5.74, 6) is 1.40. The number of rotatable bonds is 0. The van der Waals surface area contributed by atoms with Crippen LogP contribution in [0.5, 0.6) is 0 Å². The summed E-state index contributed by atoms with van der Waals surface area (Å²) < 4.78 is 25.2. The SMILES string of the molecule is NC1CCc2nc3c(n2C1)CS(=O)(=O)CC3. The molecule has 2 aliphatic heterocycles. The van der Waals surface area contributed by atoms with Crippen LogP contribution in [0.15, 0.2) is 0 Å². The van der Waals surface area contributed by atoms with Crippen LogP contribution < -0.4 is 5.73 Å². The van der Waals surface area contributed by atoms with Gasteiger partial charge in [0, 0.05) is 25.4 Å². The van der Waals surface area contributed by atoms with E-state index >= 15 is 0 Å². The lowest BCUT2D eigenvalue weighted by atomic mass is 10.1. The number of imidazole rings is 1. The Morgan fingerprint density at radius 2 is 2.19 bits per heavy atom.